The highest BCUT2D eigenvalue weighted by molar-refractivity contribution is 5.94. The number of halogens is 4. The summed E-state index contributed by atoms with van der Waals surface area (Å²) in [5.74, 6) is -9.18. The molecule has 0 saturated carbocycles. The second-order valence-corrected chi connectivity index (χ2v) is 9.34. The number of carbonyl (C=O) groups excluding carboxylic acids is 2. The maximum absolute atomic E-state index is 14.0. The summed E-state index contributed by atoms with van der Waals surface area (Å²) in [4.78, 5) is 29.8. The Hall–Kier alpha value is -3.83. The fourth-order valence-corrected chi connectivity index (χ4v) is 3.74. The van der Waals surface area contributed by atoms with Crippen LogP contribution in [0.5, 0.6) is 5.75 Å². The van der Waals surface area contributed by atoms with Crippen LogP contribution in [0.3, 0.4) is 0 Å². The number of pyridine rings is 1. The maximum atomic E-state index is 14.0. The lowest BCUT2D eigenvalue weighted by Gasteiger charge is -2.33. The molecule has 2 atom stereocenters. The SMILES string of the molecule is CCCCC(C(=O)COc1c(F)c(F)cc(F)c1F)n1cc([C@@](C)(NC(=O)c2ccncc2)C(C)C)nn1. The smallest absolute Gasteiger partial charge is 0.252 e. The fourth-order valence-electron chi connectivity index (χ4n) is 3.74. The summed E-state index contributed by atoms with van der Waals surface area (Å²) in [6, 6.07) is 2.26. The highest BCUT2D eigenvalue weighted by Gasteiger charge is 2.36. The van der Waals surface area contributed by atoms with Crippen molar-refractivity contribution in [3.05, 3.63) is 71.3 Å². The predicted molar refractivity (Wildman–Crippen MR) is 129 cm³/mol. The molecule has 0 bridgehead atoms. The highest BCUT2D eigenvalue weighted by atomic mass is 19.2. The minimum atomic E-state index is -1.73. The highest BCUT2D eigenvalue weighted by Crippen LogP contribution is 2.30. The summed E-state index contributed by atoms with van der Waals surface area (Å²) >= 11 is 0. The van der Waals surface area contributed by atoms with E-state index in [1.807, 2.05) is 20.8 Å². The molecule has 0 saturated heterocycles. The Balaban J connectivity index is 1.85. The predicted octanol–water partition coefficient (Wildman–Crippen LogP) is 4.91. The second-order valence-electron chi connectivity index (χ2n) is 9.34. The van der Waals surface area contributed by atoms with E-state index in [1.165, 1.54) is 23.3 Å². The Kier molecular flexibility index (Phi) is 9.18. The molecule has 204 valence electrons. The van der Waals surface area contributed by atoms with Gasteiger partial charge in [0.15, 0.2) is 23.2 Å². The van der Waals surface area contributed by atoms with Crippen LogP contribution in [-0.4, -0.2) is 38.3 Å². The molecule has 0 radical (unpaired) electrons. The van der Waals surface area contributed by atoms with Crippen LogP contribution in [0.1, 0.15) is 69.1 Å². The number of nitrogens with zero attached hydrogens (tertiary/aromatic N) is 4. The molecule has 2 heterocycles. The van der Waals surface area contributed by atoms with Crippen LogP contribution in [0.15, 0.2) is 36.8 Å². The second kappa shape index (κ2) is 12.1. The lowest BCUT2D eigenvalue weighted by molar-refractivity contribution is -0.124. The molecule has 38 heavy (non-hydrogen) atoms. The number of Topliss-reactive ketones (excluding diaryl/α,β-unsaturated/α-hetero) is 1. The number of ether oxygens (including phenoxy) is 1. The van der Waals surface area contributed by atoms with Gasteiger partial charge in [0.1, 0.15) is 18.3 Å². The molecule has 1 aromatic carbocycles. The summed E-state index contributed by atoms with van der Waals surface area (Å²) in [6.07, 6.45) is 6.15. The van der Waals surface area contributed by atoms with Crippen molar-refractivity contribution in [3.8, 4) is 5.75 Å². The number of carbonyl (C=O) groups is 2. The van der Waals surface area contributed by atoms with Gasteiger partial charge in [-0.1, -0.05) is 38.8 Å². The third-order valence-electron chi connectivity index (χ3n) is 6.47. The number of unbranched alkanes of at least 4 members (excludes halogenated alkanes) is 1. The summed E-state index contributed by atoms with van der Waals surface area (Å²) < 4.78 is 61.2. The zero-order chi connectivity index (χ0) is 28.0. The minimum Gasteiger partial charge on any atom is -0.479 e. The average Bonchev–Trinajstić information content (AvgIpc) is 3.38. The van der Waals surface area contributed by atoms with E-state index in [0.717, 1.165) is 6.42 Å². The number of hydrogen-bond donors (Lipinski definition) is 1. The molecule has 0 spiro atoms. The Morgan fingerprint density at radius 2 is 1.74 bits per heavy atom. The first-order valence-electron chi connectivity index (χ1n) is 12.1. The van der Waals surface area contributed by atoms with Crippen molar-refractivity contribution < 1.29 is 31.9 Å². The molecule has 3 rings (SSSR count). The number of aromatic nitrogens is 4. The van der Waals surface area contributed by atoms with Gasteiger partial charge < -0.3 is 10.1 Å². The molecule has 1 unspecified atom stereocenters. The Bertz CT molecular complexity index is 1260. The largest absolute Gasteiger partial charge is 0.479 e. The van der Waals surface area contributed by atoms with Gasteiger partial charge in [0, 0.05) is 24.0 Å². The van der Waals surface area contributed by atoms with Crippen molar-refractivity contribution >= 4 is 11.7 Å². The van der Waals surface area contributed by atoms with Crippen LogP contribution in [0.4, 0.5) is 17.6 Å². The third-order valence-corrected chi connectivity index (χ3v) is 6.47. The van der Waals surface area contributed by atoms with Crippen molar-refractivity contribution in [1.29, 1.82) is 0 Å². The third kappa shape index (κ3) is 6.17. The monoisotopic (exact) mass is 535 g/mol. The van der Waals surface area contributed by atoms with E-state index < -0.39 is 53.0 Å². The number of amides is 1. The topological polar surface area (TPSA) is 99.0 Å². The van der Waals surface area contributed by atoms with Gasteiger partial charge in [0.2, 0.25) is 11.6 Å². The first-order chi connectivity index (χ1) is 18.0. The van der Waals surface area contributed by atoms with Crippen molar-refractivity contribution in [2.45, 2.75) is 58.5 Å². The summed E-state index contributed by atoms with van der Waals surface area (Å²) in [5.41, 5.74) is -0.186. The number of ketones is 1. The van der Waals surface area contributed by atoms with Crippen LogP contribution in [0.2, 0.25) is 0 Å². The van der Waals surface area contributed by atoms with Gasteiger partial charge in [-0.3, -0.25) is 14.6 Å². The van der Waals surface area contributed by atoms with E-state index in [4.69, 9.17) is 4.74 Å². The van der Waals surface area contributed by atoms with Gasteiger partial charge >= 0.3 is 0 Å². The van der Waals surface area contributed by atoms with E-state index in [2.05, 4.69) is 20.6 Å². The van der Waals surface area contributed by atoms with Crippen LogP contribution >= 0.6 is 0 Å². The summed E-state index contributed by atoms with van der Waals surface area (Å²) in [6.45, 7) is 6.61. The van der Waals surface area contributed by atoms with Crippen LogP contribution in [-0.2, 0) is 10.3 Å². The minimum absolute atomic E-state index is 0.0551. The quantitative estimate of drug-likeness (QED) is 0.261. The first kappa shape index (κ1) is 28.7. The van der Waals surface area contributed by atoms with Crippen LogP contribution in [0.25, 0.3) is 0 Å². The number of benzene rings is 1. The molecule has 8 nitrogen and oxygen atoms in total. The van der Waals surface area contributed by atoms with Gasteiger partial charge in [0.25, 0.3) is 5.91 Å². The van der Waals surface area contributed by atoms with E-state index >= 15 is 0 Å². The molecular weight excluding hydrogens is 506 g/mol. The number of hydrogen-bond acceptors (Lipinski definition) is 6. The lowest BCUT2D eigenvalue weighted by atomic mass is 9.85. The van der Waals surface area contributed by atoms with E-state index in [9.17, 15) is 27.2 Å². The lowest BCUT2D eigenvalue weighted by Crippen LogP contribution is -2.47. The van der Waals surface area contributed by atoms with Crippen molar-refractivity contribution in [1.82, 2.24) is 25.3 Å². The number of nitrogens with one attached hydrogen (secondary N) is 1. The Morgan fingerprint density at radius 3 is 2.32 bits per heavy atom. The summed E-state index contributed by atoms with van der Waals surface area (Å²) in [5, 5.41) is 11.3. The number of rotatable bonds is 12. The molecule has 0 aliphatic carbocycles. The van der Waals surface area contributed by atoms with E-state index in [1.54, 1.807) is 19.1 Å². The van der Waals surface area contributed by atoms with Crippen LogP contribution in [0, 0.1) is 29.2 Å². The zero-order valence-corrected chi connectivity index (χ0v) is 21.5. The normalized spacial score (nSPS) is 13.7. The molecular formula is C26H29F4N5O3. The Labute approximate surface area is 217 Å². The fraction of sp³-hybridized carbons (Fsp3) is 0.423. The van der Waals surface area contributed by atoms with Crippen molar-refractivity contribution in [2.75, 3.05) is 6.61 Å². The molecule has 3 aromatic rings. The molecule has 12 heteroatoms. The zero-order valence-electron chi connectivity index (χ0n) is 21.5. The van der Waals surface area contributed by atoms with E-state index in [0.29, 0.717) is 24.1 Å². The first-order valence-corrected chi connectivity index (χ1v) is 12.1. The van der Waals surface area contributed by atoms with Gasteiger partial charge in [-0.25, -0.2) is 13.5 Å². The van der Waals surface area contributed by atoms with Crippen molar-refractivity contribution in [3.63, 3.8) is 0 Å². The van der Waals surface area contributed by atoms with Gasteiger partial charge in [-0.2, -0.15) is 8.78 Å². The Morgan fingerprint density at radius 1 is 1.11 bits per heavy atom. The summed E-state index contributed by atoms with van der Waals surface area (Å²) in [7, 11) is 0. The molecule has 1 amide bonds. The molecule has 1 N–H and O–H groups in total. The van der Waals surface area contributed by atoms with E-state index in [-0.39, 0.29) is 17.9 Å². The standard InChI is InChI=1S/C26H29F4N5O3/c1-5-6-7-19(20(36)14-38-24-22(29)17(27)12-18(28)23(24)30)35-13-21(33-34-35)26(4,15(2)3)32-25(37)16-8-10-31-11-9-16/h8-13,15,19H,5-7,14H2,1-4H3,(H,32,37)/t19?,26-/m0/s1. The molecule has 0 aliphatic heterocycles. The van der Waals surface area contributed by atoms with Gasteiger partial charge in [-0.05, 0) is 31.4 Å². The van der Waals surface area contributed by atoms with Gasteiger partial charge in [-0.15, -0.1) is 5.10 Å². The average molecular weight is 536 g/mol. The van der Waals surface area contributed by atoms with Crippen LogP contribution < -0.4 is 10.1 Å². The van der Waals surface area contributed by atoms with Crippen molar-refractivity contribution in [2.24, 2.45) is 5.92 Å². The van der Waals surface area contributed by atoms with Gasteiger partial charge in [0.05, 0.1) is 11.7 Å². The molecule has 2 aromatic heterocycles. The molecule has 0 fully saturated rings. The molecule has 0 aliphatic rings. The maximum Gasteiger partial charge on any atom is 0.252 e.